The molecule has 4 rings (SSSR count). The second-order valence-electron chi connectivity index (χ2n) is 8.45. The van der Waals surface area contributed by atoms with E-state index in [1.807, 2.05) is 13.8 Å². The zero-order valence-electron chi connectivity index (χ0n) is 20.3. The molecule has 1 N–H and O–H groups in total. The monoisotopic (exact) mass is 491 g/mol. The van der Waals surface area contributed by atoms with Crippen LogP contribution in [0.25, 0.3) is 5.76 Å². The normalized spacial score (nSPS) is 16.9. The first-order chi connectivity index (χ1) is 17.2. The fraction of sp³-hybridized carbons (Fsp3) is 0.214. The predicted octanol–water partition coefficient (Wildman–Crippen LogP) is 5.26. The van der Waals surface area contributed by atoms with Gasteiger partial charge in [-0.3, -0.25) is 14.5 Å². The lowest BCUT2D eigenvalue weighted by Gasteiger charge is -2.26. The number of methoxy groups -OCH3 is 2. The number of hydrogen-bond acceptors (Lipinski definition) is 6. The molecule has 1 heterocycles. The molecule has 0 spiro atoms. The van der Waals surface area contributed by atoms with Crippen LogP contribution in [0.2, 0.25) is 0 Å². The van der Waals surface area contributed by atoms with Crippen molar-refractivity contribution in [3.8, 4) is 17.2 Å². The number of Topliss-reactive ketones (excluding diaryl/α,β-unsaturated/α-hetero) is 1. The quantitative estimate of drug-likeness (QED) is 0.276. The molecule has 0 radical (unpaired) electrons. The van der Waals surface area contributed by atoms with Crippen molar-refractivity contribution in [3.63, 3.8) is 0 Å². The van der Waals surface area contributed by atoms with E-state index in [1.165, 1.54) is 31.3 Å². The highest BCUT2D eigenvalue weighted by Crippen LogP contribution is 2.44. The standard InChI is InChI=1S/C28H26FNO6/c1-16(2)36-21-7-5-6-17(14-21)25-24(26(31)22-15-18(29)8-13-23(22)35-4)27(32)28(33)30(25)19-9-11-20(34-3)12-10-19/h5-16,25,31H,1-4H3/b26-24+. The summed E-state index contributed by atoms with van der Waals surface area (Å²) in [5, 5.41) is 11.3. The number of aliphatic hydroxyl groups is 1. The number of aliphatic hydroxyl groups excluding tert-OH is 1. The summed E-state index contributed by atoms with van der Waals surface area (Å²) in [6.45, 7) is 3.76. The summed E-state index contributed by atoms with van der Waals surface area (Å²) in [5.74, 6) is -1.66. The molecule has 1 amide bonds. The maximum atomic E-state index is 14.1. The van der Waals surface area contributed by atoms with Gasteiger partial charge in [-0.1, -0.05) is 12.1 Å². The summed E-state index contributed by atoms with van der Waals surface area (Å²) < 4.78 is 30.4. The summed E-state index contributed by atoms with van der Waals surface area (Å²) in [7, 11) is 2.89. The number of ether oxygens (including phenoxy) is 3. The second kappa shape index (κ2) is 10.1. The minimum atomic E-state index is -1.01. The first kappa shape index (κ1) is 24.8. The van der Waals surface area contributed by atoms with Crippen LogP contribution in [0.15, 0.2) is 72.3 Å². The third-order valence-electron chi connectivity index (χ3n) is 5.76. The molecule has 0 bridgehead atoms. The Bertz CT molecular complexity index is 1330. The Balaban J connectivity index is 1.96. The molecular weight excluding hydrogens is 465 g/mol. The van der Waals surface area contributed by atoms with E-state index in [1.54, 1.807) is 48.5 Å². The number of carbonyl (C=O) groups is 2. The van der Waals surface area contributed by atoms with Crippen molar-refractivity contribution in [3.05, 3.63) is 89.2 Å². The van der Waals surface area contributed by atoms with Gasteiger partial charge >= 0.3 is 0 Å². The van der Waals surface area contributed by atoms with Gasteiger partial charge in [0, 0.05) is 5.69 Å². The highest BCUT2D eigenvalue weighted by molar-refractivity contribution is 6.51. The number of anilines is 1. The lowest BCUT2D eigenvalue weighted by Crippen LogP contribution is -2.29. The van der Waals surface area contributed by atoms with Crippen LogP contribution in [0.3, 0.4) is 0 Å². The van der Waals surface area contributed by atoms with Gasteiger partial charge in [-0.15, -0.1) is 0 Å². The maximum absolute atomic E-state index is 14.1. The number of amides is 1. The first-order valence-corrected chi connectivity index (χ1v) is 11.3. The van der Waals surface area contributed by atoms with Crippen molar-refractivity contribution in [1.82, 2.24) is 0 Å². The van der Waals surface area contributed by atoms with Crippen molar-refractivity contribution in [2.24, 2.45) is 0 Å². The van der Waals surface area contributed by atoms with Crippen LogP contribution in [-0.4, -0.2) is 37.1 Å². The van der Waals surface area contributed by atoms with E-state index in [0.717, 1.165) is 6.07 Å². The van der Waals surface area contributed by atoms with Crippen molar-refractivity contribution in [2.45, 2.75) is 26.0 Å². The number of benzene rings is 3. The number of carbonyl (C=O) groups excluding carboxylic acids is 2. The van der Waals surface area contributed by atoms with Gasteiger partial charge in [0.1, 0.15) is 28.8 Å². The lowest BCUT2D eigenvalue weighted by atomic mass is 9.94. The van der Waals surface area contributed by atoms with Gasteiger partial charge in [0.2, 0.25) is 0 Å². The number of rotatable bonds is 7. The molecule has 1 saturated heterocycles. The third-order valence-corrected chi connectivity index (χ3v) is 5.76. The molecule has 3 aromatic rings. The van der Waals surface area contributed by atoms with Crippen molar-refractivity contribution < 1.29 is 33.3 Å². The Labute approximate surface area is 208 Å². The molecular formula is C28H26FNO6. The topological polar surface area (TPSA) is 85.3 Å². The lowest BCUT2D eigenvalue weighted by molar-refractivity contribution is -0.132. The van der Waals surface area contributed by atoms with E-state index in [-0.39, 0.29) is 23.0 Å². The Hall–Kier alpha value is -4.33. The molecule has 0 saturated carbocycles. The highest BCUT2D eigenvalue weighted by Gasteiger charge is 2.47. The largest absolute Gasteiger partial charge is 0.507 e. The Morgan fingerprint density at radius 2 is 1.67 bits per heavy atom. The fourth-order valence-corrected chi connectivity index (χ4v) is 4.20. The number of halogens is 1. The van der Waals surface area contributed by atoms with Crippen LogP contribution in [0.4, 0.5) is 10.1 Å². The molecule has 1 unspecified atom stereocenters. The van der Waals surface area contributed by atoms with Crippen LogP contribution in [0.5, 0.6) is 17.2 Å². The zero-order valence-corrected chi connectivity index (χ0v) is 20.3. The van der Waals surface area contributed by atoms with Gasteiger partial charge < -0.3 is 19.3 Å². The fourth-order valence-electron chi connectivity index (χ4n) is 4.20. The molecule has 0 aliphatic carbocycles. The van der Waals surface area contributed by atoms with Gasteiger partial charge in [-0.2, -0.15) is 0 Å². The van der Waals surface area contributed by atoms with Crippen molar-refractivity contribution in [1.29, 1.82) is 0 Å². The van der Waals surface area contributed by atoms with E-state index in [2.05, 4.69) is 0 Å². The zero-order chi connectivity index (χ0) is 26.0. The van der Waals surface area contributed by atoms with E-state index >= 15 is 0 Å². The van der Waals surface area contributed by atoms with E-state index < -0.39 is 29.3 Å². The average Bonchev–Trinajstić information content (AvgIpc) is 3.13. The van der Waals surface area contributed by atoms with Gasteiger partial charge in [0.05, 0.1) is 37.5 Å². The Morgan fingerprint density at radius 1 is 0.944 bits per heavy atom. The maximum Gasteiger partial charge on any atom is 0.300 e. The average molecular weight is 492 g/mol. The Kier molecular flexibility index (Phi) is 6.96. The molecule has 1 atom stereocenters. The number of nitrogens with zero attached hydrogens (tertiary/aromatic N) is 1. The van der Waals surface area contributed by atoms with Crippen molar-refractivity contribution >= 4 is 23.1 Å². The van der Waals surface area contributed by atoms with Gasteiger partial charge in [-0.05, 0) is 74.0 Å². The van der Waals surface area contributed by atoms with E-state index in [9.17, 15) is 19.1 Å². The van der Waals surface area contributed by atoms with Gasteiger partial charge in [0.25, 0.3) is 11.7 Å². The van der Waals surface area contributed by atoms with Gasteiger partial charge in [-0.25, -0.2) is 4.39 Å². The number of ketones is 1. The summed E-state index contributed by atoms with van der Waals surface area (Å²) >= 11 is 0. The molecule has 3 aromatic carbocycles. The molecule has 36 heavy (non-hydrogen) atoms. The smallest absolute Gasteiger partial charge is 0.300 e. The molecule has 7 nitrogen and oxygen atoms in total. The van der Waals surface area contributed by atoms with E-state index in [0.29, 0.717) is 22.7 Å². The summed E-state index contributed by atoms with van der Waals surface area (Å²) in [5.41, 5.74) is 0.717. The third kappa shape index (κ3) is 4.62. The molecule has 186 valence electrons. The predicted molar refractivity (Wildman–Crippen MR) is 133 cm³/mol. The SMILES string of the molecule is COc1ccc(N2C(=O)C(=O)/C(=C(/O)c3cc(F)ccc3OC)C2c2cccc(OC(C)C)c2)cc1. The highest BCUT2D eigenvalue weighted by atomic mass is 19.1. The summed E-state index contributed by atoms with van der Waals surface area (Å²) in [4.78, 5) is 28.0. The molecule has 8 heteroatoms. The van der Waals surface area contributed by atoms with Crippen molar-refractivity contribution in [2.75, 3.05) is 19.1 Å². The summed E-state index contributed by atoms with van der Waals surface area (Å²) in [6, 6.07) is 16.1. The number of hydrogen-bond donors (Lipinski definition) is 1. The minimum Gasteiger partial charge on any atom is -0.507 e. The minimum absolute atomic E-state index is 0.0372. The van der Waals surface area contributed by atoms with Crippen LogP contribution in [-0.2, 0) is 9.59 Å². The van der Waals surface area contributed by atoms with E-state index in [4.69, 9.17) is 14.2 Å². The molecule has 1 aliphatic rings. The molecule has 1 aliphatic heterocycles. The van der Waals surface area contributed by atoms with Crippen LogP contribution < -0.4 is 19.1 Å². The molecule has 1 fully saturated rings. The van der Waals surface area contributed by atoms with Crippen LogP contribution in [0, 0.1) is 5.82 Å². The van der Waals surface area contributed by atoms with Crippen LogP contribution >= 0.6 is 0 Å². The molecule has 0 aromatic heterocycles. The Morgan fingerprint density at radius 3 is 2.31 bits per heavy atom. The van der Waals surface area contributed by atoms with Gasteiger partial charge in [0.15, 0.2) is 0 Å². The summed E-state index contributed by atoms with van der Waals surface area (Å²) in [6.07, 6.45) is -0.107. The second-order valence-corrected chi connectivity index (χ2v) is 8.45. The van der Waals surface area contributed by atoms with Crippen LogP contribution in [0.1, 0.15) is 31.0 Å². The first-order valence-electron chi connectivity index (χ1n) is 11.3.